The van der Waals surface area contributed by atoms with Crippen LogP contribution in [0.5, 0.6) is 5.75 Å². The number of hydrogen-bond acceptors (Lipinski definition) is 3. The largest absolute Gasteiger partial charge is 0.483 e. The Labute approximate surface area is 118 Å². The first-order chi connectivity index (χ1) is 9.43. The van der Waals surface area contributed by atoms with Crippen LogP contribution in [0.25, 0.3) is 0 Å². The summed E-state index contributed by atoms with van der Waals surface area (Å²) >= 11 is 0. The maximum Gasteiger partial charge on any atom is 0.339 e. The lowest BCUT2D eigenvalue weighted by Crippen LogP contribution is -2.36. The molecule has 0 spiro atoms. The molecule has 1 aromatic carbocycles. The molecule has 5 nitrogen and oxygen atoms in total. The number of hydrogen-bond donors (Lipinski definition) is 2. The van der Waals surface area contributed by atoms with Crippen molar-refractivity contribution in [1.82, 2.24) is 5.32 Å². The van der Waals surface area contributed by atoms with E-state index in [1.54, 1.807) is 12.1 Å². The highest BCUT2D eigenvalue weighted by molar-refractivity contribution is 5.91. The highest BCUT2D eigenvalue weighted by Crippen LogP contribution is 2.20. The van der Waals surface area contributed by atoms with Gasteiger partial charge in [-0.15, -0.1) is 0 Å². The number of amides is 1. The Hall–Kier alpha value is -2.04. The molecule has 110 valence electrons. The molecule has 0 fully saturated rings. The number of carboxylic acids is 1. The van der Waals surface area contributed by atoms with Crippen LogP contribution in [0, 0.1) is 6.92 Å². The second kappa shape index (κ2) is 7.53. The number of rotatable bonds is 7. The third kappa shape index (κ3) is 4.91. The van der Waals surface area contributed by atoms with Gasteiger partial charge in [0.1, 0.15) is 11.3 Å². The van der Waals surface area contributed by atoms with Crippen molar-refractivity contribution in [2.24, 2.45) is 0 Å². The average molecular weight is 279 g/mol. The number of aryl methyl sites for hydroxylation is 1. The van der Waals surface area contributed by atoms with E-state index in [1.807, 2.05) is 20.8 Å². The fourth-order valence-electron chi connectivity index (χ4n) is 1.89. The van der Waals surface area contributed by atoms with Crippen LogP contribution in [-0.2, 0) is 4.79 Å². The molecule has 0 aliphatic heterocycles. The molecule has 0 saturated heterocycles. The van der Waals surface area contributed by atoms with Gasteiger partial charge >= 0.3 is 5.97 Å². The van der Waals surface area contributed by atoms with Gasteiger partial charge in [0.2, 0.25) is 0 Å². The van der Waals surface area contributed by atoms with Crippen LogP contribution in [0.3, 0.4) is 0 Å². The molecule has 1 rings (SSSR count). The third-order valence-electron chi connectivity index (χ3n) is 2.86. The second-order valence-electron chi connectivity index (χ2n) is 4.85. The van der Waals surface area contributed by atoms with E-state index in [0.29, 0.717) is 0 Å². The molecule has 0 heterocycles. The van der Waals surface area contributed by atoms with E-state index >= 15 is 0 Å². The topological polar surface area (TPSA) is 75.6 Å². The zero-order valence-corrected chi connectivity index (χ0v) is 12.1. The highest BCUT2D eigenvalue weighted by atomic mass is 16.5. The van der Waals surface area contributed by atoms with Crippen molar-refractivity contribution in [3.8, 4) is 5.75 Å². The Morgan fingerprint density at radius 1 is 1.40 bits per heavy atom. The van der Waals surface area contributed by atoms with Gasteiger partial charge in [0.05, 0.1) is 0 Å². The summed E-state index contributed by atoms with van der Waals surface area (Å²) in [5.41, 5.74) is 0.940. The molecule has 1 atom stereocenters. The molecule has 0 radical (unpaired) electrons. The number of ether oxygens (including phenoxy) is 1. The maximum absolute atomic E-state index is 11.7. The average Bonchev–Trinajstić information content (AvgIpc) is 2.36. The number of carbonyl (C=O) groups is 2. The van der Waals surface area contributed by atoms with Gasteiger partial charge in [-0.05, 0) is 38.0 Å². The molecular formula is C15H21NO4. The number of carbonyl (C=O) groups excluding carboxylic acids is 1. The summed E-state index contributed by atoms with van der Waals surface area (Å²) in [6.45, 7) is 5.63. The minimum absolute atomic E-state index is 0.0602. The summed E-state index contributed by atoms with van der Waals surface area (Å²) in [6, 6.07) is 4.88. The quantitative estimate of drug-likeness (QED) is 0.803. The minimum Gasteiger partial charge on any atom is -0.483 e. The zero-order valence-electron chi connectivity index (χ0n) is 12.1. The van der Waals surface area contributed by atoms with E-state index in [9.17, 15) is 9.59 Å². The molecule has 0 saturated carbocycles. The van der Waals surface area contributed by atoms with Crippen LogP contribution < -0.4 is 10.1 Å². The Balaban J connectivity index is 2.63. The lowest BCUT2D eigenvalue weighted by molar-refractivity contribution is -0.123. The lowest BCUT2D eigenvalue weighted by atomic mass is 10.1. The van der Waals surface area contributed by atoms with Gasteiger partial charge in [-0.2, -0.15) is 0 Å². The number of nitrogens with one attached hydrogen (secondary N) is 1. The van der Waals surface area contributed by atoms with Crippen LogP contribution in [0.4, 0.5) is 0 Å². The number of benzene rings is 1. The molecule has 0 bridgehead atoms. The third-order valence-corrected chi connectivity index (χ3v) is 2.86. The fraction of sp³-hybridized carbons (Fsp3) is 0.467. The fourth-order valence-corrected chi connectivity index (χ4v) is 1.89. The highest BCUT2D eigenvalue weighted by Gasteiger charge is 2.13. The van der Waals surface area contributed by atoms with Crippen molar-refractivity contribution in [3.63, 3.8) is 0 Å². The zero-order chi connectivity index (χ0) is 15.1. The standard InChI is InChI=1S/C15H21NO4/c1-4-5-11(3)16-14(17)9-20-13-8-10(2)6-7-12(13)15(18)19/h6-8,11H,4-5,9H2,1-3H3,(H,16,17)(H,18,19). The minimum atomic E-state index is -1.07. The number of carboxylic acid groups (broad SMARTS) is 1. The van der Waals surface area contributed by atoms with Crippen molar-refractivity contribution in [2.75, 3.05) is 6.61 Å². The van der Waals surface area contributed by atoms with E-state index in [4.69, 9.17) is 9.84 Å². The van der Waals surface area contributed by atoms with Crippen molar-refractivity contribution in [3.05, 3.63) is 29.3 Å². The van der Waals surface area contributed by atoms with Crippen LogP contribution in [0.2, 0.25) is 0 Å². The monoisotopic (exact) mass is 279 g/mol. The first kappa shape index (κ1) is 16.0. The van der Waals surface area contributed by atoms with Crippen molar-refractivity contribution >= 4 is 11.9 Å². The van der Waals surface area contributed by atoms with Crippen molar-refractivity contribution in [2.45, 2.75) is 39.7 Å². The van der Waals surface area contributed by atoms with Crippen molar-refractivity contribution < 1.29 is 19.4 Å². The normalized spacial score (nSPS) is 11.8. The second-order valence-corrected chi connectivity index (χ2v) is 4.85. The molecule has 1 aromatic rings. The summed E-state index contributed by atoms with van der Waals surface area (Å²) in [5, 5.41) is 11.9. The van der Waals surface area contributed by atoms with Gasteiger partial charge in [-0.1, -0.05) is 19.4 Å². The van der Waals surface area contributed by atoms with Crippen molar-refractivity contribution in [1.29, 1.82) is 0 Å². The lowest BCUT2D eigenvalue weighted by Gasteiger charge is -2.14. The Bertz CT molecular complexity index is 485. The molecule has 0 aromatic heterocycles. The Morgan fingerprint density at radius 3 is 2.70 bits per heavy atom. The van der Waals surface area contributed by atoms with Gasteiger partial charge in [0, 0.05) is 6.04 Å². The summed E-state index contributed by atoms with van der Waals surface area (Å²) in [7, 11) is 0. The SMILES string of the molecule is CCCC(C)NC(=O)COc1cc(C)ccc1C(=O)O. The smallest absolute Gasteiger partial charge is 0.339 e. The van der Waals surface area contributed by atoms with Crippen LogP contribution in [0.1, 0.15) is 42.6 Å². The first-order valence-corrected chi connectivity index (χ1v) is 6.70. The molecule has 0 aliphatic rings. The molecule has 1 unspecified atom stereocenters. The van der Waals surface area contributed by atoms with Crippen LogP contribution in [0.15, 0.2) is 18.2 Å². The van der Waals surface area contributed by atoms with E-state index in [0.717, 1.165) is 18.4 Å². The van der Waals surface area contributed by atoms with Gasteiger partial charge in [-0.3, -0.25) is 4.79 Å². The van der Waals surface area contributed by atoms with Gasteiger partial charge in [0.15, 0.2) is 6.61 Å². The van der Waals surface area contributed by atoms with E-state index in [2.05, 4.69) is 5.32 Å². The number of aromatic carboxylic acids is 1. The molecule has 5 heteroatoms. The van der Waals surface area contributed by atoms with Gasteiger partial charge < -0.3 is 15.2 Å². The maximum atomic E-state index is 11.7. The predicted octanol–water partition coefficient (Wildman–Crippen LogP) is 2.38. The molecule has 0 aliphatic carbocycles. The van der Waals surface area contributed by atoms with Gasteiger partial charge in [-0.25, -0.2) is 4.79 Å². The van der Waals surface area contributed by atoms with E-state index in [1.165, 1.54) is 6.07 Å². The molecule has 2 N–H and O–H groups in total. The summed E-state index contributed by atoms with van der Waals surface area (Å²) < 4.78 is 5.33. The summed E-state index contributed by atoms with van der Waals surface area (Å²) in [5.74, 6) is -1.10. The molecule has 20 heavy (non-hydrogen) atoms. The Kier molecular flexibility index (Phi) is 6.03. The molecular weight excluding hydrogens is 258 g/mol. The van der Waals surface area contributed by atoms with Gasteiger partial charge in [0.25, 0.3) is 5.91 Å². The van der Waals surface area contributed by atoms with Crippen LogP contribution >= 0.6 is 0 Å². The summed E-state index contributed by atoms with van der Waals surface area (Å²) in [6.07, 6.45) is 1.89. The Morgan fingerprint density at radius 2 is 2.10 bits per heavy atom. The first-order valence-electron chi connectivity index (χ1n) is 6.70. The van der Waals surface area contributed by atoms with E-state index in [-0.39, 0.29) is 29.9 Å². The van der Waals surface area contributed by atoms with E-state index < -0.39 is 5.97 Å². The summed E-state index contributed by atoms with van der Waals surface area (Å²) in [4.78, 5) is 22.7. The molecule has 1 amide bonds. The predicted molar refractivity (Wildman–Crippen MR) is 76.1 cm³/mol. The van der Waals surface area contributed by atoms with Crippen LogP contribution in [-0.4, -0.2) is 29.6 Å².